The molecule has 1 aromatic heterocycles. The lowest BCUT2D eigenvalue weighted by Crippen LogP contribution is -2.21. The second-order valence-electron chi connectivity index (χ2n) is 7.97. The first kappa shape index (κ1) is 18.3. The number of ether oxygens (including phenoxy) is 1. The third kappa shape index (κ3) is 3.68. The van der Waals surface area contributed by atoms with Gasteiger partial charge in [-0.05, 0) is 43.6 Å². The van der Waals surface area contributed by atoms with Crippen LogP contribution in [0, 0.1) is 5.92 Å². The van der Waals surface area contributed by atoms with Crippen molar-refractivity contribution in [3.63, 3.8) is 0 Å². The molecule has 2 atom stereocenters. The Balaban J connectivity index is 1.84. The number of rotatable bonds is 5. The monoisotopic (exact) mass is 368 g/mol. The zero-order valence-corrected chi connectivity index (χ0v) is 15.9. The van der Waals surface area contributed by atoms with E-state index in [4.69, 9.17) is 9.15 Å². The normalized spacial score (nSPS) is 21.1. The van der Waals surface area contributed by atoms with E-state index in [1.165, 1.54) is 0 Å². The molecule has 0 saturated heterocycles. The molecule has 0 aliphatic heterocycles. The van der Waals surface area contributed by atoms with E-state index in [1.807, 2.05) is 30.3 Å². The zero-order valence-electron chi connectivity index (χ0n) is 15.9. The number of hydrogen-bond acceptors (Lipinski definition) is 4. The van der Waals surface area contributed by atoms with Gasteiger partial charge in [-0.25, -0.2) is 4.79 Å². The Bertz CT molecular complexity index is 835. The Kier molecular flexibility index (Phi) is 5.35. The summed E-state index contributed by atoms with van der Waals surface area (Å²) in [6.45, 7) is 0.513. The van der Waals surface area contributed by atoms with E-state index < -0.39 is 0 Å². The lowest BCUT2D eigenvalue weighted by Gasteiger charge is -2.24. The predicted molar refractivity (Wildman–Crippen MR) is 104 cm³/mol. The summed E-state index contributed by atoms with van der Waals surface area (Å²) in [5.74, 6) is 1.17. The third-order valence-corrected chi connectivity index (χ3v) is 6.04. The Morgan fingerprint density at radius 1 is 1.15 bits per heavy atom. The first-order valence-corrected chi connectivity index (χ1v) is 10.1. The lowest BCUT2D eigenvalue weighted by atomic mass is 9.84. The molecular weight excluding hydrogens is 340 g/mol. The van der Waals surface area contributed by atoms with Crippen molar-refractivity contribution in [3.8, 4) is 5.75 Å². The van der Waals surface area contributed by atoms with E-state index in [-0.39, 0.29) is 23.2 Å². The summed E-state index contributed by atoms with van der Waals surface area (Å²) in [6, 6.07) is 10.1. The van der Waals surface area contributed by atoms with E-state index in [9.17, 15) is 9.90 Å². The second-order valence-corrected chi connectivity index (χ2v) is 7.97. The molecule has 1 aromatic carbocycles. The molecule has 4 heteroatoms. The molecule has 27 heavy (non-hydrogen) atoms. The fraction of sp³-hybridized carbons (Fsp3) is 0.522. The van der Waals surface area contributed by atoms with Crippen LogP contribution < -0.4 is 5.63 Å². The van der Waals surface area contributed by atoms with Crippen LogP contribution in [0.25, 0.3) is 0 Å². The summed E-state index contributed by atoms with van der Waals surface area (Å²) in [7, 11) is 1.67. The van der Waals surface area contributed by atoms with E-state index >= 15 is 0 Å². The minimum atomic E-state index is -0.381. The average Bonchev–Trinajstić information content (AvgIpc) is 3.49. The van der Waals surface area contributed by atoms with Crippen molar-refractivity contribution in [2.75, 3.05) is 13.7 Å². The highest BCUT2D eigenvalue weighted by Gasteiger charge is 2.39. The highest BCUT2D eigenvalue weighted by atomic mass is 16.5. The first-order chi connectivity index (χ1) is 13.2. The third-order valence-electron chi connectivity index (χ3n) is 6.04. The van der Waals surface area contributed by atoms with Gasteiger partial charge in [0.25, 0.3) is 0 Å². The maximum absolute atomic E-state index is 13.0. The fourth-order valence-corrected chi connectivity index (χ4v) is 4.56. The SMILES string of the molecule is COCC1CCCCCc2c1oc(=O)c(C(c1ccccc1)C1CC1)c2O. The Hall–Kier alpha value is -2.07. The van der Waals surface area contributed by atoms with Gasteiger partial charge in [0.1, 0.15) is 11.5 Å². The van der Waals surface area contributed by atoms with Crippen LogP contribution >= 0.6 is 0 Å². The zero-order chi connectivity index (χ0) is 18.8. The van der Waals surface area contributed by atoms with Gasteiger partial charge in [0.05, 0.1) is 12.2 Å². The highest BCUT2D eigenvalue weighted by molar-refractivity contribution is 5.47. The van der Waals surface area contributed by atoms with Crippen LogP contribution in [-0.2, 0) is 11.2 Å². The molecule has 1 saturated carbocycles. The van der Waals surface area contributed by atoms with Crippen molar-refractivity contribution in [1.82, 2.24) is 0 Å². The topological polar surface area (TPSA) is 59.7 Å². The molecule has 1 fully saturated rings. The Morgan fingerprint density at radius 2 is 1.93 bits per heavy atom. The summed E-state index contributed by atoms with van der Waals surface area (Å²) < 4.78 is 11.3. The number of hydrogen-bond donors (Lipinski definition) is 1. The van der Waals surface area contributed by atoms with Crippen LogP contribution in [-0.4, -0.2) is 18.8 Å². The van der Waals surface area contributed by atoms with Gasteiger partial charge < -0.3 is 14.3 Å². The van der Waals surface area contributed by atoms with Gasteiger partial charge in [0, 0.05) is 24.5 Å². The van der Waals surface area contributed by atoms with Gasteiger partial charge >= 0.3 is 5.63 Å². The van der Waals surface area contributed by atoms with Crippen molar-refractivity contribution in [1.29, 1.82) is 0 Å². The average molecular weight is 368 g/mol. The molecule has 144 valence electrons. The molecule has 1 heterocycles. The van der Waals surface area contributed by atoms with E-state index in [2.05, 4.69) is 0 Å². The summed E-state index contributed by atoms with van der Waals surface area (Å²) in [5, 5.41) is 11.2. The van der Waals surface area contributed by atoms with Crippen LogP contribution in [0.4, 0.5) is 0 Å². The Morgan fingerprint density at radius 3 is 2.63 bits per heavy atom. The highest BCUT2D eigenvalue weighted by Crippen LogP contribution is 2.49. The largest absolute Gasteiger partial charge is 0.507 e. The van der Waals surface area contributed by atoms with Crippen molar-refractivity contribution in [2.45, 2.75) is 56.8 Å². The van der Waals surface area contributed by atoms with Crippen LogP contribution in [0.15, 0.2) is 39.5 Å². The minimum Gasteiger partial charge on any atom is -0.507 e. The molecule has 1 N–H and O–H groups in total. The minimum absolute atomic E-state index is 0.0362. The van der Waals surface area contributed by atoms with E-state index in [0.29, 0.717) is 23.8 Å². The van der Waals surface area contributed by atoms with Crippen molar-refractivity contribution in [3.05, 3.63) is 63.2 Å². The maximum atomic E-state index is 13.0. The van der Waals surface area contributed by atoms with E-state index in [0.717, 1.165) is 56.1 Å². The smallest absolute Gasteiger partial charge is 0.343 e. The second kappa shape index (κ2) is 7.89. The molecule has 0 bridgehead atoms. The van der Waals surface area contributed by atoms with Crippen LogP contribution in [0.2, 0.25) is 0 Å². The van der Waals surface area contributed by atoms with Gasteiger partial charge in [-0.3, -0.25) is 0 Å². The summed E-state index contributed by atoms with van der Waals surface area (Å²) >= 11 is 0. The van der Waals surface area contributed by atoms with Crippen molar-refractivity contribution in [2.24, 2.45) is 5.92 Å². The van der Waals surface area contributed by atoms with Crippen LogP contribution in [0.5, 0.6) is 5.75 Å². The molecule has 2 aromatic rings. The standard InChI is InChI=1S/C23H28O4/c1-26-14-17-10-6-3-7-11-18-21(24)20(23(25)27-22(17)18)19(16-12-13-16)15-8-4-2-5-9-15/h2,4-5,8-9,16-17,19,24H,3,6-7,10-14H2,1H3. The van der Waals surface area contributed by atoms with E-state index in [1.54, 1.807) is 7.11 Å². The van der Waals surface area contributed by atoms with Crippen molar-refractivity contribution < 1.29 is 14.3 Å². The van der Waals surface area contributed by atoms with Crippen LogP contribution in [0.1, 0.15) is 72.8 Å². The lowest BCUT2D eigenvalue weighted by molar-refractivity contribution is 0.161. The van der Waals surface area contributed by atoms with Gasteiger partial charge in [0.2, 0.25) is 0 Å². The molecule has 0 radical (unpaired) electrons. The molecule has 2 aliphatic rings. The van der Waals surface area contributed by atoms with Gasteiger partial charge in [-0.2, -0.15) is 0 Å². The molecule has 0 spiro atoms. The molecule has 2 unspecified atom stereocenters. The molecule has 4 nitrogen and oxygen atoms in total. The Labute approximate surface area is 160 Å². The number of methoxy groups -OCH3 is 1. The van der Waals surface area contributed by atoms with Gasteiger partial charge in [-0.1, -0.05) is 43.2 Å². The number of fused-ring (bicyclic) bond motifs is 1. The number of aromatic hydroxyl groups is 1. The molecule has 0 amide bonds. The fourth-order valence-electron chi connectivity index (χ4n) is 4.56. The maximum Gasteiger partial charge on any atom is 0.343 e. The quantitative estimate of drug-likeness (QED) is 0.828. The molecular formula is C23H28O4. The summed E-state index contributed by atoms with van der Waals surface area (Å²) in [4.78, 5) is 13.0. The molecule has 4 rings (SSSR count). The molecule has 2 aliphatic carbocycles. The summed E-state index contributed by atoms with van der Waals surface area (Å²) in [6.07, 6.45) is 7.07. The van der Waals surface area contributed by atoms with Crippen molar-refractivity contribution >= 4 is 0 Å². The summed E-state index contributed by atoms with van der Waals surface area (Å²) in [5.41, 5.74) is 1.99. The first-order valence-electron chi connectivity index (χ1n) is 10.1. The van der Waals surface area contributed by atoms with Gasteiger partial charge in [0.15, 0.2) is 0 Å². The predicted octanol–water partition coefficient (Wildman–Crippen LogP) is 4.73. The van der Waals surface area contributed by atoms with Gasteiger partial charge in [-0.15, -0.1) is 0 Å². The number of benzene rings is 1. The van der Waals surface area contributed by atoms with Crippen LogP contribution in [0.3, 0.4) is 0 Å².